The van der Waals surface area contributed by atoms with Gasteiger partial charge in [-0.15, -0.1) is 0 Å². The molecular formula is C25H43N. The summed E-state index contributed by atoms with van der Waals surface area (Å²) in [4.78, 5) is 0. The van der Waals surface area contributed by atoms with Crippen molar-refractivity contribution in [1.82, 2.24) is 0 Å². The van der Waals surface area contributed by atoms with E-state index in [0.717, 1.165) is 23.7 Å². The molecule has 0 spiro atoms. The minimum absolute atomic E-state index is 0.0487. The SMILES string of the molecule is CCCC1CCC(C2CCC(C#N)(C3CCC(CCC)CC3)CC2)CC1. The van der Waals surface area contributed by atoms with E-state index in [1.807, 2.05) is 0 Å². The molecule has 26 heavy (non-hydrogen) atoms. The first-order chi connectivity index (χ1) is 12.7. The third-order valence-corrected chi connectivity index (χ3v) is 8.73. The van der Waals surface area contributed by atoms with E-state index in [0.29, 0.717) is 5.92 Å². The van der Waals surface area contributed by atoms with E-state index in [-0.39, 0.29) is 5.41 Å². The molecule has 3 rings (SSSR count). The zero-order chi connectivity index (χ0) is 18.4. The second-order valence-corrected chi connectivity index (χ2v) is 10.2. The fourth-order valence-electron chi connectivity index (χ4n) is 7.01. The summed E-state index contributed by atoms with van der Waals surface area (Å²) in [5, 5.41) is 10.1. The Morgan fingerprint density at radius 2 is 1.15 bits per heavy atom. The van der Waals surface area contributed by atoms with E-state index in [1.165, 1.54) is 103 Å². The van der Waals surface area contributed by atoms with Crippen LogP contribution in [-0.2, 0) is 0 Å². The van der Waals surface area contributed by atoms with Crippen LogP contribution in [0.2, 0.25) is 0 Å². The lowest BCUT2D eigenvalue weighted by Gasteiger charge is -2.45. The van der Waals surface area contributed by atoms with Gasteiger partial charge in [0, 0.05) is 0 Å². The molecule has 3 aliphatic carbocycles. The fraction of sp³-hybridized carbons (Fsp3) is 0.960. The summed E-state index contributed by atoms with van der Waals surface area (Å²) < 4.78 is 0. The minimum Gasteiger partial charge on any atom is -0.198 e. The maximum atomic E-state index is 10.1. The van der Waals surface area contributed by atoms with Crippen LogP contribution in [0.4, 0.5) is 0 Å². The van der Waals surface area contributed by atoms with Gasteiger partial charge in [-0.1, -0.05) is 65.2 Å². The van der Waals surface area contributed by atoms with Crippen molar-refractivity contribution in [3.8, 4) is 6.07 Å². The summed E-state index contributed by atoms with van der Waals surface area (Å²) >= 11 is 0. The van der Waals surface area contributed by atoms with Crippen molar-refractivity contribution in [2.45, 2.75) is 117 Å². The second kappa shape index (κ2) is 9.61. The molecule has 0 saturated heterocycles. The van der Waals surface area contributed by atoms with Gasteiger partial charge in [-0.2, -0.15) is 5.26 Å². The fourth-order valence-corrected chi connectivity index (χ4v) is 7.01. The van der Waals surface area contributed by atoms with E-state index >= 15 is 0 Å². The first-order valence-corrected chi connectivity index (χ1v) is 12.1. The van der Waals surface area contributed by atoms with Crippen LogP contribution in [0, 0.1) is 46.3 Å². The number of hydrogen-bond acceptors (Lipinski definition) is 1. The van der Waals surface area contributed by atoms with Crippen LogP contribution in [-0.4, -0.2) is 0 Å². The maximum absolute atomic E-state index is 10.1. The molecule has 1 heteroatoms. The lowest BCUT2D eigenvalue weighted by molar-refractivity contribution is 0.0604. The minimum atomic E-state index is 0.0487. The van der Waals surface area contributed by atoms with Gasteiger partial charge in [0.05, 0.1) is 11.5 Å². The van der Waals surface area contributed by atoms with Gasteiger partial charge in [0.25, 0.3) is 0 Å². The third kappa shape index (κ3) is 4.66. The normalized spacial score (nSPS) is 41.5. The summed E-state index contributed by atoms with van der Waals surface area (Å²) in [6.45, 7) is 4.66. The first kappa shape index (κ1) is 20.2. The highest BCUT2D eigenvalue weighted by Gasteiger charge is 2.44. The van der Waals surface area contributed by atoms with E-state index in [9.17, 15) is 5.26 Å². The van der Waals surface area contributed by atoms with Crippen molar-refractivity contribution in [1.29, 1.82) is 5.26 Å². The Morgan fingerprint density at radius 1 is 0.692 bits per heavy atom. The summed E-state index contributed by atoms with van der Waals surface area (Å²) in [6.07, 6.45) is 22.1. The van der Waals surface area contributed by atoms with Crippen LogP contribution in [0.15, 0.2) is 0 Å². The molecule has 148 valence electrons. The largest absolute Gasteiger partial charge is 0.198 e. The van der Waals surface area contributed by atoms with Gasteiger partial charge >= 0.3 is 0 Å². The number of rotatable bonds is 6. The Kier molecular flexibility index (Phi) is 7.48. The summed E-state index contributed by atoms with van der Waals surface area (Å²) in [7, 11) is 0. The molecule has 0 bridgehead atoms. The molecule has 0 aromatic heterocycles. The molecule has 0 aliphatic heterocycles. The maximum Gasteiger partial charge on any atom is 0.0692 e. The zero-order valence-corrected chi connectivity index (χ0v) is 17.6. The quantitative estimate of drug-likeness (QED) is 0.474. The zero-order valence-electron chi connectivity index (χ0n) is 17.6. The van der Waals surface area contributed by atoms with E-state index in [2.05, 4.69) is 19.9 Å². The molecule has 0 amide bonds. The van der Waals surface area contributed by atoms with Gasteiger partial charge in [-0.3, -0.25) is 0 Å². The van der Waals surface area contributed by atoms with Crippen LogP contribution < -0.4 is 0 Å². The van der Waals surface area contributed by atoms with Gasteiger partial charge in [0.2, 0.25) is 0 Å². The smallest absolute Gasteiger partial charge is 0.0692 e. The van der Waals surface area contributed by atoms with Crippen LogP contribution in [0.3, 0.4) is 0 Å². The highest BCUT2D eigenvalue weighted by atomic mass is 14.5. The van der Waals surface area contributed by atoms with Gasteiger partial charge in [0.15, 0.2) is 0 Å². The lowest BCUT2D eigenvalue weighted by atomic mass is 9.57. The van der Waals surface area contributed by atoms with Gasteiger partial charge in [-0.05, 0) is 81.0 Å². The predicted octanol–water partition coefficient (Wildman–Crippen LogP) is 7.90. The molecular weight excluding hydrogens is 314 g/mol. The molecule has 0 heterocycles. The van der Waals surface area contributed by atoms with E-state index in [4.69, 9.17) is 0 Å². The average molecular weight is 358 g/mol. The van der Waals surface area contributed by atoms with Gasteiger partial charge in [0.1, 0.15) is 0 Å². The molecule has 3 saturated carbocycles. The highest BCUT2D eigenvalue weighted by Crippen LogP contribution is 2.52. The lowest BCUT2D eigenvalue weighted by Crippen LogP contribution is -2.38. The van der Waals surface area contributed by atoms with Gasteiger partial charge in [-0.25, -0.2) is 0 Å². The average Bonchev–Trinajstić information content (AvgIpc) is 2.70. The van der Waals surface area contributed by atoms with Crippen LogP contribution in [0.25, 0.3) is 0 Å². The van der Waals surface area contributed by atoms with Crippen LogP contribution in [0.1, 0.15) is 117 Å². The van der Waals surface area contributed by atoms with Crippen molar-refractivity contribution in [2.75, 3.05) is 0 Å². The Morgan fingerprint density at radius 3 is 1.62 bits per heavy atom. The molecule has 3 aliphatic rings. The van der Waals surface area contributed by atoms with Crippen molar-refractivity contribution in [3.63, 3.8) is 0 Å². The molecule has 0 aromatic carbocycles. The number of hydrogen-bond donors (Lipinski definition) is 0. The Hall–Kier alpha value is -0.510. The highest BCUT2D eigenvalue weighted by molar-refractivity contribution is 5.06. The molecule has 0 N–H and O–H groups in total. The topological polar surface area (TPSA) is 23.8 Å². The molecule has 0 atom stereocenters. The van der Waals surface area contributed by atoms with Crippen molar-refractivity contribution < 1.29 is 0 Å². The summed E-state index contributed by atoms with van der Waals surface area (Å²) in [6, 6.07) is 2.88. The van der Waals surface area contributed by atoms with E-state index < -0.39 is 0 Å². The molecule has 0 radical (unpaired) electrons. The predicted molar refractivity (Wildman–Crippen MR) is 111 cm³/mol. The van der Waals surface area contributed by atoms with Crippen molar-refractivity contribution >= 4 is 0 Å². The Bertz CT molecular complexity index is 437. The Balaban J connectivity index is 1.48. The standard InChI is InChI=1S/C25H43N/c1-3-5-20-7-11-22(12-8-20)23-15-17-25(19-26,18-16-23)24-13-9-21(6-4-2)10-14-24/h20-24H,3-18H2,1-2H3. The summed E-state index contributed by atoms with van der Waals surface area (Å²) in [5.41, 5.74) is 0.0487. The van der Waals surface area contributed by atoms with Gasteiger partial charge < -0.3 is 0 Å². The molecule has 1 nitrogen and oxygen atoms in total. The van der Waals surface area contributed by atoms with E-state index in [1.54, 1.807) is 0 Å². The molecule has 3 fully saturated rings. The third-order valence-electron chi connectivity index (χ3n) is 8.73. The number of nitriles is 1. The first-order valence-electron chi connectivity index (χ1n) is 12.1. The monoisotopic (exact) mass is 357 g/mol. The number of nitrogens with zero attached hydrogens (tertiary/aromatic N) is 1. The molecule has 0 aromatic rings. The Labute approximate surface area is 163 Å². The van der Waals surface area contributed by atoms with Crippen molar-refractivity contribution in [3.05, 3.63) is 0 Å². The second-order valence-electron chi connectivity index (χ2n) is 10.2. The molecule has 0 unspecified atom stereocenters. The summed E-state index contributed by atoms with van der Waals surface area (Å²) in [5.74, 6) is 4.62. The van der Waals surface area contributed by atoms with Crippen molar-refractivity contribution in [2.24, 2.45) is 35.0 Å². The van der Waals surface area contributed by atoms with Crippen LogP contribution >= 0.6 is 0 Å². The van der Waals surface area contributed by atoms with Crippen LogP contribution in [0.5, 0.6) is 0 Å².